The third-order valence-electron chi connectivity index (χ3n) is 3.55. The van der Waals surface area contributed by atoms with E-state index in [0.29, 0.717) is 17.3 Å². The molecular weight excluding hydrogens is 352 g/mol. The van der Waals surface area contributed by atoms with Crippen molar-refractivity contribution in [1.82, 2.24) is 13.9 Å². The van der Waals surface area contributed by atoms with Crippen molar-refractivity contribution in [1.29, 1.82) is 0 Å². The zero-order valence-corrected chi connectivity index (χ0v) is 15.2. The number of rotatable bonds is 6. The molecule has 7 nitrogen and oxygen atoms in total. The molecule has 0 saturated heterocycles. The predicted octanol–water partition coefficient (Wildman–Crippen LogP) is 2.71. The molecule has 0 spiro atoms. The minimum Gasteiger partial charge on any atom is -0.494 e. The van der Waals surface area contributed by atoms with Crippen LogP contribution < -0.4 is 15.6 Å². The van der Waals surface area contributed by atoms with Crippen LogP contribution in [0.25, 0.3) is 11.3 Å². The summed E-state index contributed by atoms with van der Waals surface area (Å²) in [6.07, 6.45) is 1.38. The van der Waals surface area contributed by atoms with Gasteiger partial charge in [0.15, 0.2) is 0 Å². The molecule has 3 aromatic rings. The summed E-state index contributed by atoms with van der Waals surface area (Å²) in [5.41, 5.74) is 1.90. The smallest absolute Gasteiger partial charge is 0.254 e. The first-order valence-corrected chi connectivity index (χ1v) is 8.85. The van der Waals surface area contributed by atoms with Crippen LogP contribution in [0.1, 0.15) is 12.6 Å². The number of benzene rings is 1. The molecule has 0 bridgehead atoms. The molecular formula is C18H18N4O3S. The van der Waals surface area contributed by atoms with Crippen LogP contribution in [0.5, 0.6) is 5.75 Å². The summed E-state index contributed by atoms with van der Waals surface area (Å²) >= 11 is 1.20. The maximum absolute atomic E-state index is 12.3. The van der Waals surface area contributed by atoms with Crippen LogP contribution in [0.4, 0.5) is 5.00 Å². The van der Waals surface area contributed by atoms with Crippen molar-refractivity contribution >= 4 is 22.4 Å². The molecule has 0 aliphatic heterocycles. The van der Waals surface area contributed by atoms with Gasteiger partial charge in [-0.15, -0.1) is 0 Å². The molecule has 2 aromatic heterocycles. The van der Waals surface area contributed by atoms with Crippen molar-refractivity contribution in [2.45, 2.75) is 20.4 Å². The van der Waals surface area contributed by atoms with Crippen molar-refractivity contribution < 1.29 is 9.53 Å². The van der Waals surface area contributed by atoms with Gasteiger partial charge in [0, 0.05) is 11.6 Å². The summed E-state index contributed by atoms with van der Waals surface area (Å²) in [5.74, 6) is 0.464. The second-order valence-electron chi connectivity index (χ2n) is 5.58. The number of anilines is 1. The number of hydrogen-bond donors (Lipinski definition) is 1. The predicted molar refractivity (Wildman–Crippen MR) is 101 cm³/mol. The average molecular weight is 370 g/mol. The molecule has 0 unspecified atom stereocenters. The van der Waals surface area contributed by atoms with Gasteiger partial charge in [0.1, 0.15) is 17.3 Å². The van der Waals surface area contributed by atoms with Gasteiger partial charge in [-0.2, -0.15) is 4.37 Å². The van der Waals surface area contributed by atoms with E-state index in [0.717, 1.165) is 17.0 Å². The van der Waals surface area contributed by atoms with Gasteiger partial charge in [0.25, 0.3) is 5.56 Å². The maximum Gasteiger partial charge on any atom is 0.254 e. The largest absolute Gasteiger partial charge is 0.494 e. The van der Waals surface area contributed by atoms with E-state index in [-0.39, 0.29) is 18.0 Å². The zero-order valence-electron chi connectivity index (χ0n) is 14.4. The number of nitrogens with zero attached hydrogens (tertiary/aromatic N) is 3. The lowest BCUT2D eigenvalue weighted by atomic mass is 10.1. The van der Waals surface area contributed by atoms with Crippen LogP contribution in [0.2, 0.25) is 0 Å². The fraction of sp³-hybridized carbons (Fsp3) is 0.222. The van der Waals surface area contributed by atoms with E-state index < -0.39 is 0 Å². The van der Waals surface area contributed by atoms with E-state index in [1.165, 1.54) is 28.5 Å². The summed E-state index contributed by atoms with van der Waals surface area (Å²) in [7, 11) is 0. The average Bonchev–Trinajstić information content (AvgIpc) is 3.02. The molecule has 0 atom stereocenters. The quantitative estimate of drug-likeness (QED) is 0.721. The Morgan fingerprint density at radius 3 is 2.65 bits per heavy atom. The third-order valence-corrected chi connectivity index (χ3v) is 4.34. The van der Waals surface area contributed by atoms with Crippen LogP contribution in [0.15, 0.2) is 47.5 Å². The summed E-state index contributed by atoms with van der Waals surface area (Å²) in [4.78, 5) is 28.6. The van der Waals surface area contributed by atoms with E-state index in [1.54, 1.807) is 6.07 Å². The summed E-state index contributed by atoms with van der Waals surface area (Å²) in [6, 6.07) is 10.5. The molecule has 0 fully saturated rings. The van der Waals surface area contributed by atoms with Gasteiger partial charge in [-0.05, 0) is 55.7 Å². The lowest BCUT2D eigenvalue weighted by Gasteiger charge is -2.07. The summed E-state index contributed by atoms with van der Waals surface area (Å²) < 4.78 is 10.8. The van der Waals surface area contributed by atoms with Crippen molar-refractivity contribution in [2.24, 2.45) is 0 Å². The number of carbonyl (C=O) groups is 1. The molecule has 26 heavy (non-hydrogen) atoms. The van der Waals surface area contributed by atoms with Gasteiger partial charge in [0.05, 0.1) is 24.3 Å². The second-order valence-corrected chi connectivity index (χ2v) is 6.38. The van der Waals surface area contributed by atoms with Crippen LogP contribution in [-0.4, -0.2) is 26.4 Å². The zero-order chi connectivity index (χ0) is 18.5. The molecule has 0 radical (unpaired) electrons. The Bertz CT molecular complexity index is 963. The molecule has 8 heteroatoms. The first-order chi connectivity index (χ1) is 12.5. The highest BCUT2D eigenvalue weighted by atomic mass is 32.1. The van der Waals surface area contributed by atoms with Gasteiger partial charge in [-0.1, -0.05) is 0 Å². The van der Waals surface area contributed by atoms with E-state index in [4.69, 9.17) is 4.74 Å². The number of aryl methyl sites for hydroxylation is 1. The number of aromatic nitrogens is 3. The Hall–Kier alpha value is -3.00. The first-order valence-electron chi connectivity index (χ1n) is 8.08. The van der Waals surface area contributed by atoms with Crippen LogP contribution >= 0.6 is 11.5 Å². The SMILES string of the molecule is CCOc1ccc(-c2cc(=O)n(CC(=O)Nc3cc(C)ns3)cn2)cc1. The van der Waals surface area contributed by atoms with E-state index in [1.807, 2.05) is 38.1 Å². The highest BCUT2D eigenvalue weighted by Gasteiger charge is 2.09. The molecule has 0 saturated carbocycles. The molecule has 0 aliphatic rings. The Balaban J connectivity index is 1.70. The first kappa shape index (κ1) is 17.8. The van der Waals surface area contributed by atoms with E-state index in [9.17, 15) is 9.59 Å². The van der Waals surface area contributed by atoms with Gasteiger partial charge in [-0.25, -0.2) is 4.98 Å². The number of nitrogens with one attached hydrogen (secondary N) is 1. The van der Waals surface area contributed by atoms with Gasteiger partial charge < -0.3 is 10.1 Å². The number of carbonyl (C=O) groups excluding carboxylic acids is 1. The highest BCUT2D eigenvalue weighted by Crippen LogP contribution is 2.19. The Morgan fingerprint density at radius 1 is 1.27 bits per heavy atom. The molecule has 1 N–H and O–H groups in total. The lowest BCUT2D eigenvalue weighted by molar-refractivity contribution is -0.116. The highest BCUT2D eigenvalue weighted by molar-refractivity contribution is 7.10. The fourth-order valence-electron chi connectivity index (χ4n) is 2.35. The Labute approximate surface area is 154 Å². The topological polar surface area (TPSA) is 86.1 Å². The number of ether oxygens (including phenoxy) is 1. The van der Waals surface area contributed by atoms with E-state index in [2.05, 4.69) is 14.7 Å². The van der Waals surface area contributed by atoms with Gasteiger partial charge in [-0.3, -0.25) is 14.2 Å². The van der Waals surface area contributed by atoms with Crippen LogP contribution in [0.3, 0.4) is 0 Å². The summed E-state index contributed by atoms with van der Waals surface area (Å²) in [6.45, 7) is 4.25. The third kappa shape index (κ3) is 4.34. The molecule has 2 heterocycles. The maximum atomic E-state index is 12.3. The van der Waals surface area contributed by atoms with Crippen molar-refractivity contribution in [3.05, 3.63) is 58.8 Å². The molecule has 3 rings (SSSR count). The van der Waals surface area contributed by atoms with Gasteiger partial charge >= 0.3 is 0 Å². The fourth-order valence-corrected chi connectivity index (χ4v) is 3.02. The van der Waals surface area contributed by atoms with Crippen molar-refractivity contribution in [3.8, 4) is 17.0 Å². The number of amides is 1. The molecule has 0 aliphatic carbocycles. The normalized spacial score (nSPS) is 10.5. The number of hydrogen-bond acceptors (Lipinski definition) is 6. The Morgan fingerprint density at radius 2 is 2.04 bits per heavy atom. The van der Waals surface area contributed by atoms with Crippen molar-refractivity contribution in [2.75, 3.05) is 11.9 Å². The van der Waals surface area contributed by atoms with Gasteiger partial charge in [0.2, 0.25) is 5.91 Å². The van der Waals surface area contributed by atoms with Crippen LogP contribution in [-0.2, 0) is 11.3 Å². The second kappa shape index (κ2) is 7.92. The van der Waals surface area contributed by atoms with E-state index >= 15 is 0 Å². The monoisotopic (exact) mass is 370 g/mol. The standard InChI is InChI=1S/C18H18N4O3S/c1-3-25-14-6-4-13(5-7-14)15-9-18(24)22(11-19-15)10-16(23)20-17-8-12(2)21-26-17/h4-9,11H,3,10H2,1-2H3,(H,20,23). The molecule has 134 valence electrons. The van der Waals surface area contributed by atoms with Crippen LogP contribution in [0, 0.1) is 6.92 Å². The van der Waals surface area contributed by atoms with Crippen molar-refractivity contribution in [3.63, 3.8) is 0 Å². The summed E-state index contributed by atoms with van der Waals surface area (Å²) in [5, 5.41) is 3.37. The Kier molecular flexibility index (Phi) is 5.43. The lowest BCUT2D eigenvalue weighted by Crippen LogP contribution is -2.27. The molecule has 1 aromatic carbocycles. The minimum absolute atomic E-state index is 0.105. The molecule has 1 amide bonds. The minimum atomic E-state index is -0.300.